The van der Waals surface area contributed by atoms with E-state index < -0.39 is 0 Å². The van der Waals surface area contributed by atoms with Crippen molar-refractivity contribution in [3.05, 3.63) is 28.3 Å². The summed E-state index contributed by atoms with van der Waals surface area (Å²) in [6.07, 6.45) is 5.05. The molecular weight excluding hydrogens is 184 g/mol. The molecule has 0 saturated carbocycles. The summed E-state index contributed by atoms with van der Waals surface area (Å²) in [4.78, 5) is 0. The first-order valence-corrected chi connectivity index (χ1v) is 4.26. The fourth-order valence-electron chi connectivity index (χ4n) is 1.05. The number of hydrazine groups is 1. The minimum Gasteiger partial charge on any atom is -0.293 e. The number of aryl methyl sites for hydroxylation is 1. The van der Waals surface area contributed by atoms with E-state index in [-0.39, 0.29) is 0 Å². The third-order valence-electron chi connectivity index (χ3n) is 1.90. The second kappa shape index (κ2) is 4.06. The molecule has 0 spiro atoms. The maximum absolute atomic E-state index is 5.88. The molecule has 1 aromatic rings. The number of terminal acetylenes is 1. The largest absolute Gasteiger partial charge is 0.293 e. The number of hydrogen-bond acceptors (Lipinski definition) is 2. The first-order chi connectivity index (χ1) is 6.15. The van der Waals surface area contributed by atoms with Gasteiger partial charge in [-0.2, -0.15) is 0 Å². The molecule has 2 nitrogen and oxygen atoms in total. The van der Waals surface area contributed by atoms with Gasteiger partial charge in [-0.05, 0) is 37.1 Å². The molecule has 0 aliphatic heterocycles. The van der Waals surface area contributed by atoms with Gasteiger partial charge in [-0.25, -0.2) is 0 Å². The second-order valence-corrected chi connectivity index (χ2v) is 3.23. The Morgan fingerprint density at radius 2 is 2.08 bits per heavy atom. The van der Waals surface area contributed by atoms with Gasteiger partial charge in [0, 0.05) is 11.1 Å². The lowest BCUT2D eigenvalue weighted by atomic mass is 10.1. The van der Waals surface area contributed by atoms with Gasteiger partial charge < -0.3 is 0 Å². The van der Waals surface area contributed by atoms with Crippen LogP contribution in [-0.4, -0.2) is 0 Å². The summed E-state index contributed by atoms with van der Waals surface area (Å²) < 4.78 is 0. The number of anilines is 1. The maximum atomic E-state index is 5.88. The summed E-state index contributed by atoms with van der Waals surface area (Å²) in [5.74, 6) is 0. The van der Waals surface area contributed by atoms with Crippen LogP contribution < -0.4 is 10.9 Å². The van der Waals surface area contributed by atoms with E-state index in [0.29, 0.717) is 5.02 Å². The van der Waals surface area contributed by atoms with Gasteiger partial charge in [-0.15, -0.1) is 0 Å². The molecule has 1 rings (SSSR count). The summed E-state index contributed by atoms with van der Waals surface area (Å²) in [5, 5.41) is 0.699. The van der Waals surface area contributed by atoms with Gasteiger partial charge in [0.05, 0.1) is 5.69 Å². The fraction of sp³-hybridized carbons (Fsp3) is 0.200. The van der Waals surface area contributed by atoms with Crippen molar-refractivity contribution in [2.24, 2.45) is 0 Å². The van der Waals surface area contributed by atoms with Gasteiger partial charge in [0.2, 0.25) is 0 Å². The average Bonchev–Trinajstić information content (AvgIpc) is 2.09. The number of benzene rings is 1. The van der Waals surface area contributed by atoms with Crippen LogP contribution in [0.25, 0.3) is 0 Å². The fourth-order valence-corrected chi connectivity index (χ4v) is 1.32. The quantitative estimate of drug-likeness (QED) is 0.430. The van der Waals surface area contributed by atoms with Gasteiger partial charge in [0.1, 0.15) is 0 Å². The van der Waals surface area contributed by atoms with E-state index in [1.165, 1.54) is 0 Å². The van der Waals surface area contributed by atoms with Gasteiger partial charge in [-0.1, -0.05) is 18.0 Å². The lowest BCUT2D eigenvalue weighted by Crippen LogP contribution is -2.15. The topological polar surface area (TPSA) is 24.1 Å². The molecule has 0 unspecified atom stereocenters. The van der Waals surface area contributed by atoms with Gasteiger partial charge in [0.15, 0.2) is 0 Å². The minimum atomic E-state index is 0.699. The van der Waals surface area contributed by atoms with Gasteiger partial charge in [-0.3, -0.25) is 10.9 Å². The summed E-state index contributed by atoms with van der Waals surface area (Å²) in [6.45, 7) is 4.01. The highest BCUT2D eigenvalue weighted by molar-refractivity contribution is 6.31. The predicted octanol–water partition coefficient (Wildman–Crippen LogP) is 2.46. The molecule has 0 amide bonds. The molecule has 0 atom stereocenters. The predicted molar refractivity (Wildman–Crippen MR) is 56.5 cm³/mol. The van der Waals surface area contributed by atoms with Crippen molar-refractivity contribution in [3.63, 3.8) is 0 Å². The molecule has 3 heteroatoms. The normalized spacial score (nSPS) is 9.08. The zero-order valence-electron chi connectivity index (χ0n) is 7.61. The summed E-state index contributed by atoms with van der Waals surface area (Å²) in [7, 11) is 0. The highest BCUT2D eigenvalue weighted by atomic mass is 35.5. The molecule has 1 aromatic carbocycles. The van der Waals surface area contributed by atoms with Gasteiger partial charge >= 0.3 is 0 Å². The maximum Gasteiger partial charge on any atom is 0.0593 e. The molecular formula is C10H11ClN2. The summed E-state index contributed by atoms with van der Waals surface area (Å²) in [5.41, 5.74) is 8.62. The molecule has 0 fully saturated rings. The molecule has 13 heavy (non-hydrogen) atoms. The molecule has 68 valence electrons. The first kappa shape index (κ1) is 9.76. The Bertz CT molecular complexity index is 353. The third kappa shape index (κ3) is 2.30. The van der Waals surface area contributed by atoms with Crippen molar-refractivity contribution in [3.8, 4) is 12.5 Å². The Hall–Kier alpha value is -1.33. The summed E-state index contributed by atoms with van der Waals surface area (Å²) in [6, 6.07) is 6.02. The molecule has 0 aromatic heterocycles. The van der Waals surface area contributed by atoms with Crippen LogP contribution in [0.2, 0.25) is 5.02 Å². The van der Waals surface area contributed by atoms with E-state index in [2.05, 4.69) is 16.9 Å². The van der Waals surface area contributed by atoms with Crippen LogP contribution in [0.5, 0.6) is 0 Å². The Balaban J connectivity index is 3.00. The number of hydrogen-bond donors (Lipinski definition) is 2. The SMILES string of the molecule is C#CNNc1cc(Cl)cc(C)c1C. The van der Waals surface area contributed by atoms with Crippen LogP contribution in [0.15, 0.2) is 12.1 Å². The Kier molecular flexibility index (Phi) is 3.05. The van der Waals surface area contributed by atoms with E-state index in [4.69, 9.17) is 18.0 Å². The Morgan fingerprint density at radius 3 is 2.69 bits per heavy atom. The number of rotatable bonds is 2. The molecule has 0 bridgehead atoms. The van der Waals surface area contributed by atoms with E-state index in [1.54, 1.807) is 0 Å². The molecule has 2 N–H and O–H groups in total. The van der Waals surface area contributed by atoms with E-state index in [1.807, 2.05) is 26.0 Å². The van der Waals surface area contributed by atoms with Crippen LogP contribution in [0.3, 0.4) is 0 Å². The van der Waals surface area contributed by atoms with Crippen molar-refractivity contribution in [2.45, 2.75) is 13.8 Å². The smallest absolute Gasteiger partial charge is 0.0593 e. The molecule has 0 radical (unpaired) electrons. The lowest BCUT2D eigenvalue weighted by Gasteiger charge is -2.10. The number of nitrogens with one attached hydrogen (secondary N) is 2. The van der Waals surface area contributed by atoms with Crippen molar-refractivity contribution in [1.29, 1.82) is 0 Å². The van der Waals surface area contributed by atoms with Crippen molar-refractivity contribution in [2.75, 3.05) is 5.43 Å². The summed E-state index contributed by atoms with van der Waals surface area (Å²) >= 11 is 5.88. The van der Waals surface area contributed by atoms with Crippen LogP contribution in [0.4, 0.5) is 5.69 Å². The highest BCUT2D eigenvalue weighted by Gasteiger charge is 2.01. The first-order valence-electron chi connectivity index (χ1n) is 3.88. The zero-order chi connectivity index (χ0) is 9.84. The van der Waals surface area contributed by atoms with Crippen LogP contribution in [0, 0.1) is 26.3 Å². The average molecular weight is 195 g/mol. The Morgan fingerprint density at radius 1 is 1.38 bits per heavy atom. The van der Waals surface area contributed by atoms with Crippen LogP contribution in [0.1, 0.15) is 11.1 Å². The van der Waals surface area contributed by atoms with Crippen molar-refractivity contribution >= 4 is 17.3 Å². The highest BCUT2D eigenvalue weighted by Crippen LogP contribution is 2.23. The minimum absolute atomic E-state index is 0.699. The lowest BCUT2D eigenvalue weighted by molar-refractivity contribution is 1.09. The van der Waals surface area contributed by atoms with E-state index in [0.717, 1.165) is 16.8 Å². The molecule has 0 heterocycles. The van der Waals surface area contributed by atoms with Crippen LogP contribution in [-0.2, 0) is 0 Å². The van der Waals surface area contributed by atoms with Crippen molar-refractivity contribution < 1.29 is 0 Å². The van der Waals surface area contributed by atoms with Crippen LogP contribution >= 0.6 is 11.6 Å². The third-order valence-corrected chi connectivity index (χ3v) is 2.12. The standard InChI is InChI=1S/C10H11ClN2/c1-4-12-13-10-6-9(11)5-7(2)8(10)3/h1,5-6,12-13H,2-3H3. The monoisotopic (exact) mass is 194 g/mol. The van der Waals surface area contributed by atoms with E-state index >= 15 is 0 Å². The second-order valence-electron chi connectivity index (χ2n) is 2.79. The van der Waals surface area contributed by atoms with Crippen molar-refractivity contribution in [1.82, 2.24) is 5.43 Å². The number of halogens is 1. The Labute approximate surface area is 83.3 Å². The van der Waals surface area contributed by atoms with E-state index in [9.17, 15) is 0 Å². The van der Waals surface area contributed by atoms with Gasteiger partial charge in [0.25, 0.3) is 0 Å². The zero-order valence-corrected chi connectivity index (χ0v) is 8.37. The molecule has 0 saturated heterocycles. The molecule has 0 aliphatic carbocycles. The molecule has 0 aliphatic rings.